The number of nitrogens with zero attached hydrogens (tertiary/aromatic N) is 6. The molecule has 4 atom stereocenters. The molecule has 0 amide bonds. The second-order valence-corrected chi connectivity index (χ2v) is 6.86. The van der Waals surface area contributed by atoms with Gasteiger partial charge in [-0.25, -0.2) is 4.98 Å². The van der Waals surface area contributed by atoms with Gasteiger partial charge in [-0.1, -0.05) is 35.5 Å². The first-order chi connectivity index (χ1) is 14.6. The van der Waals surface area contributed by atoms with Crippen LogP contribution in [0.3, 0.4) is 0 Å². The zero-order valence-corrected chi connectivity index (χ0v) is 15.4. The quantitative estimate of drug-likeness (QED) is 0.329. The molecule has 1 aromatic carbocycles. The molecule has 0 spiro atoms. The van der Waals surface area contributed by atoms with E-state index in [1.54, 1.807) is 6.20 Å². The maximum atomic E-state index is 12.5. The molecule has 0 bridgehead atoms. The second kappa shape index (κ2) is 7.11. The number of ether oxygens (including phenoxy) is 1. The van der Waals surface area contributed by atoms with Crippen molar-refractivity contribution in [2.45, 2.75) is 24.5 Å². The zero-order chi connectivity index (χ0) is 20.8. The Morgan fingerprint density at radius 2 is 1.97 bits per heavy atom. The molecule has 154 valence electrons. The van der Waals surface area contributed by atoms with Crippen LogP contribution in [0.4, 0.5) is 0 Å². The summed E-state index contributed by atoms with van der Waals surface area (Å²) in [5.74, 6) is 0.0932. The monoisotopic (exact) mass is 411 g/mol. The van der Waals surface area contributed by atoms with E-state index in [0.717, 1.165) is 5.56 Å². The molecule has 1 unspecified atom stereocenters. The number of benzene rings is 1. The zero-order valence-electron chi connectivity index (χ0n) is 15.4. The van der Waals surface area contributed by atoms with Gasteiger partial charge in [0.15, 0.2) is 17.4 Å². The summed E-state index contributed by atoms with van der Waals surface area (Å²) in [6.45, 7) is -0.470. The van der Waals surface area contributed by atoms with Gasteiger partial charge in [-0.3, -0.25) is 14.3 Å². The molecule has 1 aliphatic heterocycles. The Morgan fingerprint density at radius 1 is 1.17 bits per heavy atom. The normalized spacial score (nSPS) is 24.0. The van der Waals surface area contributed by atoms with Crippen LogP contribution < -0.4 is 5.56 Å². The summed E-state index contributed by atoms with van der Waals surface area (Å²) in [6, 6.07) is 9.40. The van der Waals surface area contributed by atoms with E-state index in [1.165, 1.54) is 15.6 Å². The predicted octanol–water partition coefficient (Wildman–Crippen LogP) is -1.02. The molecule has 12 nitrogen and oxygen atoms in total. The van der Waals surface area contributed by atoms with Gasteiger partial charge < -0.3 is 20.1 Å². The molecule has 30 heavy (non-hydrogen) atoms. The third-order valence-corrected chi connectivity index (χ3v) is 4.99. The van der Waals surface area contributed by atoms with E-state index in [1.807, 2.05) is 30.3 Å². The van der Waals surface area contributed by atoms with Crippen molar-refractivity contribution in [1.29, 1.82) is 0 Å². The van der Waals surface area contributed by atoms with Crippen LogP contribution in [0.2, 0.25) is 0 Å². The first kappa shape index (κ1) is 18.6. The smallest absolute Gasteiger partial charge is 0.280 e. The fraction of sp³-hybridized carbons (Fsp3) is 0.278. The number of H-pyrrole nitrogens is 1. The van der Waals surface area contributed by atoms with E-state index in [9.17, 15) is 20.1 Å². The average molecular weight is 411 g/mol. The Labute approximate surface area is 168 Å². The minimum Gasteiger partial charge on any atom is -0.394 e. The summed E-state index contributed by atoms with van der Waals surface area (Å²) in [5.41, 5.74) is 1.08. The first-order valence-corrected chi connectivity index (χ1v) is 9.14. The summed E-state index contributed by atoms with van der Waals surface area (Å²) >= 11 is 0. The fourth-order valence-corrected chi connectivity index (χ4v) is 3.43. The van der Waals surface area contributed by atoms with Crippen molar-refractivity contribution in [2.75, 3.05) is 6.61 Å². The highest BCUT2D eigenvalue weighted by molar-refractivity contribution is 5.70. The van der Waals surface area contributed by atoms with Crippen LogP contribution in [0, 0.1) is 0 Å². The van der Waals surface area contributed by atoms with Crippen LogP contribution in [0.15, 0.2) is 47.7 Å². The maximum absolute atomic E-state index is 12.5. The van der Waals surface area contributed by atoms with E-state index < -0.39 is 36.7 Å². The highest BCUT2D eigenvalue weighted by Gasteiger charge is 2.44. The first-order valence-electron chi connectivity index (χ1n) is 9.14. The molecule has 12 heteroatoms. The molecule has 0 aliphatic carbocycles. The lowest BCUT2D eigenvalue weighted by atomic mass is 10.1. The average Bonchev–Trinajstić information content (AvgIpc) is 3.48. The second-order valence-electron chi connectivity index (χ2n) is 6.86. The SMILES string of the molecule is O=c1[nH]c(-n2cc(-c3ccccc3)nn2)nc2c1ncn2[C@@H]1O[C@H](CO)C(O)[C@@H]1O. The van der Waals surface area contributed by atoms with E-state index in [0.29, 0.717) is 5.69 Å². The summed E-state index contributed by atoms with van der Waals surface area (Å²) < 4.78 is 8.18. The maximum Gasteiger partial charge on any atom is 0.280 e. The predicted molar refractivity (Wildman–Crippen MR) is 102 cm³/mol. The van der Waals surface area contributed by atoms with Gasteiger partial charge in [0, 0.05) is 5.56 Å². The van der Waals surface area contributed by atoms with Crippen molar-refractivity contribution in [1.82, 2.24) is 34.5 Å². The number of rotatable bonds is 4. The van der Waals surface area contributed by atoms with Crippen molar-refractivity contribution in [2.24, 2.45) is 0 Å². The molecular weight excluding hydrogens is 394 g/mol. The van der Waals surface area contributed by atoms with Gasteiger partial charge in [0.2, 0.25) is 5.95 Å². The van der Waals surface area contributed by atoms with Gasteiger partial charge in [0.05, 0.1) is 19.1 Å². The van der Waals surface area contributed by atoms with Crippen molar-refractivity contribution in [3.8, 4) is 17.2 Å². The van der Waals surface area contributed by atoms with Crippen molar-refractivity contribution >= 4 is 11.2 Å². The molecule has 3 aromatic heterocycles. The van der Waals surface area contributed by atoms with Gasteiger partial charge in [0.1, 0.15) is 24.0 Å². The van der Waals surface area contributed by atoms with Gasteiger partial charge in [-0.05, 0) is 0 Å². The topological polar surface area (TPSA) is 164 Å². The number of nitrogens with one attached hydrogen (secondary N) is 1. The number of fused-ring (bicyclic) bond motifs is 1. The van der Waals surface area contributed by atoms with Gasteiger partial charge >= 0.3 is 0 Å². The number of imidazole rings is 1. The highest BCUT2D eigenvalue weighted by atomic mass is 16.6. The molecule has 1 fully saturated rings. The highest BCUT2D eigenvalue weighted by Crippen LogP contribution is 2.30. The van der Waals surface area contributed by atoms with Crippen molar-refractivity contribution in [3.63, 3.8) is 0 Å². The lowest BCUT2D eigenvalue weighted by Gasteiger charge is -2.16. The Kier molecular flexibility index (Phi) is 4.40. The minimum absolute atomic E-state index is 0.0277. The Bertz CT molecular complexity index is 1250. The molecule has 4 aromatic rings. The van der Waals surface area contributed by atoms with E-state index in [2.05, 4.69) is 25.3 Å². The number of hydrogen-bond acceptors (Lipinski definition) is 9. The Hall–Kier alpha value is -3.45. The standard InChI is InChI=1S/C18H17N7O5/c26-7-11-13(27)14(28)17(30-11)24-8-19-12-15(24)20-18(21-16(12)29)25-6-10(22-23-25)9-4-2-1-3-5-9/h1-6,8,11,13-14,17,26-28H,7H2,(H,20,21,29)/t11-,13?,14+,17-/m1/s1. The number of aromatic nitrogens is 7. The molecule has 5 rings (SSSR count). The van der Waals surface area contributed by atoms with Crippen LogP contribution in [-0.2, 0) is 4.74 Å². The molecule has 0 radical (unpaired) electrons. The van der Waals surface area contributed by atoms with Crippen LogP contribution >= 0.6 is 0 Å². The summed E-state index contributed by atoms with van der Waals surface area (Å²) in [7, 11) is 0. The molecule has 0 saturated carbocycles. The lowest BCUT2D eigenvalue weighted by molar-refractivity contribution is -0.0511. The van der Waals surface area contributed by atoms with Crippen LogP contribution in [0.5, 0.6) is 0 Å². The molecule has 4 heterocycles. The van der Waals surface area contributed by atoms with Crippen LogP contribution in [0.25, 0.3) is 28.4 Å². The largest absolute Gasteiger partial charge is 0.394 e. The van der Waals surface area contributed by atoms with E-state index in [4.69, 9.17) is 4.74 Å². The van der Waals surface area contributed by atoms with Crippen molar-refractivity contribution < 1.29 is 20.1 Å². The summed E-state index contributed by atoms with van der Waals surface area (Å²) in [4.78, 5) is 23.6. The fourth-order valence-electron chi connectivity index (χ4n) is 3.43. The third kappa shape index (κ3) is 2.90. The minimum atomic E-state index is -1.33. The summed E-state index contributed by atoms with van der Waals surface area (Å²) in [5, 5.41) is 37.8. The van der Waals surface area contributed by atoms with Gasteiger partial charge in [-0.15, -0.1) is 5.10 Å². The summed E-state index contributed by atoms with van der Waals surface area (Å²) in [6.07, 6.45) is -1.75. The third-order valence-electron chi connectivity index (χ3n) is 4.99. The molecule has 1 aliphatic rings. The van der Waals surface area contributed by atoms with Gasteiger partial charge in [-0.2, -0.15) is 9.67 Å². The number of aliphatic hydroxyl groups is 3. The Morgan fingerprint density at radius 3 is 2.70 bits per heavy atom. The number of aromatic amines is 1. The van der Waals surface area contributed by atoms with Crippen molar-refractivity contribution in [3.05, 3.63) is 53.2 Å². The van der Waals surface area contributed by atoms with E-state index in [-0.39, 0.29) is 17.1 Å². The molecule has 4 N–H and O–H groups in total. The molecule has 1 saturated heterocycles. The number of hydrogen-bond donors (Lipinski definition) is 4. The van der Waals surface area contributed by atoms with Gasteiger partial charge in [0.25, 0.3) is 5.56 Å². The number of aliphatic hydroxyl groups excluding tert-OH is 3. The van der Waals surface area contributed by atoms with E-state index >= 15 is 0 Å². The molecular formula is C18H17N7O5. The lowest BCUT2D eigenvalue weighted by Crippen LogP contribution is -2.33. The van der Waals surface area contributed by atoms with Crippen LogP contribution in [0.1, 0.15) is 6.23 Å². The van der Waals surface area contributed by atoms with Crippen LogP contribution in [-0.4, -0.2) is 74.8 Å². The Balaban J connectivity index is 1.57.